The van der Waals surface area contributed by atoms with Crippen LogP contribution in [0.5, 0.6) is 0 Å². The fourth-order valence-electron chi connectivity index (χ4n) is 2.81. The number of rotatable bonds is 5. The minimum Gasteiger partial charge on any atom is -0.449 e. The molecule has 0 atom stereocenters. The Labute approximate surface area is 147 Å². The smallest absolute Gasteiger partial charge is 0.404 e. The maximum atomic E-state index is 12.0. The molecule has 0 bridgehead atoms. The van der Waals surface area contributed by atoms with Crippen LogP contribution in [0.25, 0.3) is 0 Å². The van der Waals surface area contributed by atoms with Crippen LogP contribution in [0.3, 0.4) is 0 Å². The van der Waals surface area contributed by atoms with Gasteiger partial charge in [0.25, 0.3) is 0 Å². The zero-order valence-electron chi connectivity index (χ0n) is 14.0. The molecule has 0 unspecified atom stereocenters. The highest BCUT2D eigenvalue weighted by molar-refractivity contribution is 7.90. The molecule has 0 saturated heterocycles. The SMILES string of the molecule is CS(=O)(=O)c1ccc(NC(=O)NC2CCC(COC(N)=O)CC2)cc1. The predicted molar refractivity (Wildman–Crippen MR) is 93.0 cm³/mol. The van der Waals surface area contributed by atoms with Gasteiger partial charge in [0.05, 0.1) is 11.5 Å². The van der Waals surface area contributed by atoms with E-state index in [1.807, 2.05) is 0 Å². The van der Waals surface area contributed by atoms with E-state index in [1.165, 1.54) is 12.1 Å². The minimum atomic E-state index is -3.25. The first-order valence-electron chi connectivity index (χ1n) is 8.04. The second-order valence-corrected chi connectivity index (χ2v) is 8.26. The topological polar surface area (TPSA) is 128 Å². The van der Waals surface area contributed by atoms with Crippen molar-refractivity contribution < 1.29 is 22.7 Å². The molecule has 1 aromatic rings. The van der Waals surface area contributed by atoms with Gasteiger partial charge in [0.15, 0.2) is 9.84 Å². The molecule has 0 aliphatic heterocycles. The van der Waals surface area contributed by atoms with Gasteiger partial charge in [0, 0.05) is 18.0 Å². The second kappa shape index (κ2) is 8.19. The Morgan fingerprint density at radius 1 is 1.16 bits per heavy atom. The molecule has 138 valence electrons. The number of sulfone groups is 1. The summed E-state index contributed by atoms with van der Waals surface area (Å²) in [5.74, 6) is 0.275. The molecule has 0 heterocycles. The van der Waals surface area contributed by atoms with Gasteiger partial charge < -0.3 is 21.1 Å². The first-order chi connectivity index (χ1) is 11.7. The van der Waals surface area contributed by atoms with Gasteiger partial charge in [-0.15, -0.1) is 0 Å². The molecule has 1 aliphatic carbocycles. The minimum absolute atomic E-state index is 0.0557. The number of urea groups is 1. The number of amides is 3. The average molecular weight is 369 g/mol. The molecule has 25 heavy (non-hydrogen) atoms. The summed E-state index contributed by atoms with van der Waals surface area (Å²) in [6.45, 7) is 0.320. The molecule has 1 saturated carbocycles. The number of hydrogen-bond acceptors (Lipinski definition) is 5. The van der Waals surface area contributed by atoms with Gasteiger partial charge in [-0.1, -0.05) is 0 Å². The van der Waals surface area contributed by atoms with Crippen molar-refractivity contribution in [3.05, 3.63) is 24.3 Å². The van der Waals surface area contributed by atoms with Crippen molar-refractivity contribution in [3.8, 4) is 0 Å². The quantitative estimate of drug-likeness (QED) is 0.730. The van der Waals surface area contributed by atoms with E-state index in [2.05, 4.69) is 10.6 Å². The van der Waals surface area contributed by atoms with Gasteiger partial charge >= 0.3 is 12.1 Å². The summed E-state index contributed by atoms with van der Waals surface area (Å²) in [4.78, 5) is 22.8. The number of anilines is 1. The third kappa shape index (κ3) is 6.26. The lowest BCUT2D eigenvalue weighted by molar-refractivity contribution is 0.120. The summed E-state index contributed by atoms with van der Waals surface area (Å²) in [6, 6.07) is 5.73. The summed E-state index contributed by atoms with van der Waals surface area (Å²) in [6.07, 6.45) is 3.66. The van der Waals surface area contributed by atoms with Crippen LogP contribution in [0.2, 0.25) is 0 Å². The fourth-order valence-corrected chi connectivity index (χ4v) is 3.44. The molecular formula is C16H23N3O5S. The van der Waals surface area contributed by atoms with E-state index >= 15 is 0 Å². The van der Waals surface area contributed by atoms with Gasteiger partial charge in [-0.05, 0) is 55.9 Å². The number of benzene rings is 1. The Balaban J connectivity index is 1.77. The normalized spacial score (nSPS) is 20.5. The highest BCUT2D eigenvalue weighted by Crippen LogP contribution is 2.24. The summed E-state index contributed by atoms with van der Waals surface area (Å²) >= 11 is 0. The zero-order chi connectivity index (χ0) is 18.4. The van der Waals surface area contributed by atoms with Gasteiger partial charge in [-0.25, -0.2) is 18.0 Å². The molecule has 2 rings (SSSR count). The van der Waals surface area contributed by atoms with E-state index in [0.29, 0.717) is 12.3 Å². The highest BCUT2D eigenvalue weighted by atomic mass is 32.2. The van der Waals surface area contributed by atoms with Crippen LogP contribution in [-0.2, 0) is 14.6 Å². The number of carbonyl (C=O) groups is 2. The summed E-state index contributed by atoms with van der Waals surface area (Å²) in [5.41, 5.74) is 5.47. The van der Waals surface area contributed by atoms with Crippen LogP contribution in [0, 0.1) is 5.92 Å². The van der Waals surface area contributed by atoms with E-state index in [4.69, 9.17) is 10.5 Å². The Morgan fingerprint density at radius 3 is 2.28 bits per heavy atom. The lowest BCUT2D eigenvalue weighted by atomic mass is 9.86. The van der Waals surface area contributed by atoms with E-state index in [0.717, 1.165) is 31.9 Å². The number of primary amides is 1. The van der Waals surface area contributed by atoms with Crippen molar-refractivity contribution in [2.24, 2.45) is 11.7 Å². The third-order valence-corrected chi connectivity index (χ3v) is 5.31. The van der Waals surface area contributed by atoms with Crippen LogP contribution in [-0.4, -0.2) is 39.4 Å². The standard InChI is InChI=1S/C16H23N3O5S/c1-25(22,23)14-8-6-13(7-9-14)19-16(21)18-12-4-2-11(3-5-12)10-24-15(17)20/h6-9,11-12H,2-5,10H2,1H3,(H2,17,20)(H2,18,19,21). The van der Waals surface area contributed by atoms with Crippen LogP contribution in [0.15, 0.2) is 29.2 Å². The van der Waals surface area contributed by atoms with Gasteiger partial charge in [0.2, 0.25) is 0 Å². The zero-order valence-corrected chi connectivity index (χ0v) is 14.8. The molecule has 0 radical (unpaired) electrons. The van der Waals surface area contributed by atoms with Crippen molar-refractivity contribution in [2.75, 3.05) is 18.2 Å². The van der Waals surface area contributed by atoms with Gasteiger partial charge in [-0.2, -0.15) is 0 Å². The van der Waals surface area contributed by atoms with Gasteiger partial charge in [0.1, 0.15) is 0 Å². The second-order valence-electron chi connectivity index (χ2n) is 6.24. The molecular weight excluding hydrogens is 346 g/mol. The first-order valence-corrected chi connectivity index (χ1v) is 9.93. The molecule has 1 aromatic carbocycles. The van der Waals surface area contributed by atoms with Crippen LogP contribution in [0.1, 0.15) is 25.7 Å². The lowest BCUT2D eigenvalue weighted by Crippen LogP contribution is -2.40. The number of ether oxygens (including phenoxy) is 1. The number of nitrogens with two attached hydrogens (primary N) is 1. The van der Waals surface area contributed by atoms with E-state index in [-0.39, 0.29) is 22.9 Å². The number of carbonyl (C=O) groups excluding carboxylic acids is 2. The van der Waals surface area contributed by atoms with E-state index in [1.54, 1.807) is 12.1 Å². The van der Waals surface area contributed by atoms with E-state index in [9.17, 15) is 18.0 Å². The Morgan fingerprint density at radius 2 is 1.76 bits per heavy atom. The summed E-state index contributed by atoms with van der Waals surface area (Å²) < 4.78 is 27.6. The molecule has 1 aliphatic rings. The maximum Gasteiger partial charge on any atom is 0.404 e. The predicted octanol–water partition coefficient (Wildman–Crippen LogP) is 1.87. The van der Waals surface area contributed by atoms with Crippen LogP contribution < -0.4 is 16.4 Å². The summed E-state index contributed by atoms with van der Waals surface area (Å²) in [5, 5.41) is 5.59. The fraction of sp³-hybridized carbons (Fsp3) is 0.500. The van der Waals surface area contributed by atoms with Gasteiger partial charge in [-0.3, -0.25) is 0 Å². The Kier molecular flexibility index (Phi) is 6.24. The van der Waals surface area contributed by atoms with Crippen molar-refractivity contribution in [1.29, 1.82) is 0 Å². The molecule has 0 spiro atoms. The monoisotopic (exact) mass is 369 g/mol. The molecule has 1 fully saturated rings. The largest absolute Gasteiger partial charge is 0.449 e. The summed E-state index contributed by atoms with van der Waals surface area (Å²) in [7, 11) is -3.25. The first kappa shape index (κ1) is 19.0. The van der Waals surface area contributed by atoms with Crippen molar-refractivity contribution in [3.63, 3.8) is 0 Å². The van der Waals surface area contributed by atoms with Crippen molar-refractivity contribution in [1.82, 2.24) is 5.32 Å². The van der Waals surface area contributed by atoms with Crippen LogP contribution in [0.4, 0.5) is 15.3 Å². The Bertz CT molecular complexity index is 710. The molecule has 3 amide bonds. The lowest BCUT2D eigenvalue weighted by Gasteiger charge is -2.28. The average Bonchev–Trinajstić information content (AvgIpc) is 2.53. The Hall–Kier alpha value is -2.29. The number of hydrogen-bond donors (Lipinski definition) is 3. The molecule has 4 N–H and O–H groups in total. The molecule has 8 nitrogen and oxygen atoms in total. The van der Waals surface area contributed by atoms with Crippen molar-refractivity contribution >= 4 is 27.6 Å². The van der Waals surface area contributed by atoms with Crippen LogP contribution >= 0.6 is 0 Å². The highest BCUT2D eigenvalue weighted by Gasteiger charge is 2.23. The van der Waals surface area contributed by atoms with E-state index < -0.39 is 15.9 Å². The molecule has 0 aromatic heterocycles. The maximum absolute atomic E-state index is 12.0. The molecule has 9 heteroatoms. The van der Waals surface area contributed by atoms with Crippen molar-refractivity contribution in [2.45, 2.75) is 36.6 Å². The number of nitrogens with one attached hydrogen (secondary N) is 2. The third-order valence-electron chi connectivity index (χ3n) is 4.18.